The summed E-state index contributed by atoms with van der Waals surface area (Å²) in [6.07, 6.45) is 0.434. The van der Waals surface area contributed by atoms with Gasteiger partial charge in [-0.05, 0) is 36.8 Å². The molecule has 4 heteroatoms. The highest BCUT2D eigenvalue weighted by Gasteiger charge is 2.06. The molecule has 0 spiro atoms. The molecular formula is C18H22N2O2. The van der Waals surface area contributed by atoms with Gasteiger partial charge in [-0.1, -0.05) is 30.3 Å². The lowest BCUT2D eigenvalue weighted by atomic mass is 10.1. The number of anilines is 1. The third-order valence-corrected chi connectivity index (χ3v) is 3.48. The number of carbonyl (C=O) groups excluding carboxylic acids is 1. The summed E-state index contributed by atoms with van der Waals surface area (Å²) in [7, 11) is 1.62. The Labute approximate surface area is 131 Å². The molecule has 0 radical (unpaired) electrons. The van der Waals surface area contributed by atoms with E-state index in [-0.39, 0.29) is 11.9 Å². The number of carbonyl (C=O) groups is 1. The highest BCUT2D eigenvalue weighted by atomic mass is 16.5. The molecule has 116 valence electrons. The number of amides is 1. The first kappa shape index (κ1) is 16.0. The maximum atomic E-state index is 11.9. The van der Waals surface area contributed by atoms with Crippen LogP contribution in [-0.4, -0.2) is 19.6 Å². The molecule has 2 N–H and O–H groups in total. The summed E-state index contributed by atoms with van der Waals surface area (Å²) in [6, 6.07) is 17.7. The van der Waals surface area contributed by atoms with Crippen LogP contribution in [0.15, 0.2) is 54.6 Å². The third kappa shape index (κ3) is 4.90. The first-order valence-electron chi connectivity index (χ1n) is 7.41. The zero-order valence-electron chi connectivity index (χ0n) is 13.0. The van der Waals surface area contributed by atoms with E-state index < -0.39 is 0 Å². The number of hydrogen-bond donors (Lipinski definition) is 2. The molecule has 1 unspecified atom stereocenters. The number of rotatable bonds is 7. The van der Waals surface area contributed by atoms with Crippen LogP contribution in [0.2, 0.25) is 0 Å². The van der Waals surface area contributed by atoms with E-state index in [1.54, 1.807) is 7.11 Å². The molecular weight excluding hydrogens is 276 g/mol. The number of ether oxygens (including phenoxy) is 1. The van der Waals surface area contributed by atoms with E-state index in [0.29, 0.717) is 13.0 Å². The molecule has 0 heterocycles. The summed E-state index contributed by atoms with van der Waals surface area (Å²) >= 11 is 0. The number of benzene rings is 2. The van der Waals surface area contributed by atoms with E-state index in [9.17, 15) is 4.79 Å². The summed E-state index contributed by atoms with van der Waals surface area (Å²) in [4.78, 5) is 11.9. The zero-order valence-corrected chi connectivity index (χ0v) is 13.0. The van der Waals surface area contributed by atoms with Crippen LogP contribution in [0.3, 0.4) is 0 Å². The fraction of sp³-hybridized carbons (Fsp3) is 0.278. The highest BCUT2D eigenvalue weighted by Crippen LogP contribution is 2.15. The zero-order chi connectivity index (χ0) is 15.8. The van der Waals surface area contributed by atoms with Crippen LogP contribution in [0.25, 0.3) is 0 Å². The van der Waals surface area contributed by atoms with Gasteiger partial charge in [-0.2, -0.15) is 0 Å². The smallest absolute Gasteiger partial charge is 0.225 e. The number of nitrogens with one attached hydrogen (secondary N) is 2. The van der Waals surface area contributed by atoms with Crippen LogP contribution in [0.1, 0.15) is 24.9 Å². The van der Waals surface area contributed by atoms with Crippen molar-refractivity contribution in [1.82, 2.24) is 5.32 Å². The summed E-state index contributed by atoms with van der Waals surface area (Å²) in [6.45, 7) is 2.73. The predicted octanol–water partition coefficient (Wildman–Crippen LogP) is 3.37. The summed E-state index contributed by atoms with van der Waals surface area (Å²) in [5, 5.41) is 6.23. The van der Waals surface area contributed by atoms with Gasteiger partial charge in [0, 0.05) is 24.7 Å². The van der Waals surface area contributed by atoms with Gasteiger partial charge < -0.3 is 15.4 Å². The highest BCUT2D eigenvalue weighted by molar-refractivity contribution is 5.90. The van der Waals surface area contributed by atoms with Crippen LogP contribution in [-0.2, 0) is 4.79 Å². The minimum atomic E-state index is -0.00192. The van der Waals surface area contributed by atoms with Crippen LogP contribution < -0.4 is 15.4 Å². The van der Waals surface area contributed by atoms with Crippen molar-refractivity contribution in [3.05, 3.63) is 60.2 Å². The van der Waals surface area contributed by atoms with Crippen molar-refractivity contribution in [3.8, 4) is 5.75 Å². The maximum Gasteiger partial charge on any atom is 0.225 e. The van der Waals surface area contributed by atoms with E-state index in [4.69, 9.17) is 4.74 Å². The predicted molar refractivity (Wildman–Crippen MR) is 89.1 cm³/mol. The van der Waals surface area contributed by atoms with Crippen molar-refractivity contribution in [2.45, 2.75) is 19.4 Å². The third-order valence-electron chi connectivity index (χ3n) is 3.48. The molecule has 2 aromatic rings. The topological polar surface area (TPSA) is 50.4 Å². The minimum Gasteiger partial charge on any atom is -0.497 e. The Hall–Kier alpha value is -2.33. The summed E-state index contributed by atoms with van der Waals surface area (Å²) < 4.78 is 5.08. The number of methoxy groups -OCH3 is 1. The van der Waals surface area contributed by atoms with E-state index >= 15 is 0 Å². The first-order valence-corrected chi connectivity index (χ1v) is 7.41. The lowest BCUT2D eigenvalue weighted by Gasteiger charge is -2.14. The molecule has 0 aliphatic rings. The van der Waals surface area contributed by atoms with Crippen molar-refractivity contribution in [1.29, 1.82) is 0 Å². The monoisotopic (exact) mass is 298 g/mol. The Kier molecular flexibility index (Phi) is 5.98. The fourth-order valence-electron chi connectivity index (χ4n) is 2.16. The van der Waals surface area contributed by atoms with Gasteiger partial charge in [0.05, 0.1) is 7.11 Å². The van der Waals surface area contributed by atoms with Crippen LogP contribution >= 0.6 is 0 Å². The standard InChI is InChI=1S/C18H22N2O2/c1-14(15-6-4-3-5-7-15)19-13-12-18(21)20-16-8-10-17(22-2)11-9-16/h3-11,14,19H,12-13H2,1-2H3,(H,20,21). The quantitative estimate of drug-likeness (QED) is 0.824. The lowest BCUT2D eigenvalue weighted by Crippen LogP contribution is -2.24. The van der Waals surface area contributed by atoms with Gasteiger partial charge in [-0.25, -0.2) is 0 Å². The van der Waals surface area contributed by atoms with Crippen LogP contribution in [0.4, 0.5) is 5.69 Å². The molecule has 0 fully saturated rings. The average molecular weight is 298 g/mol. The molecule has 2 rings (SSSR count). The summed E-state index contributed by atoms with van der Waals surface area (Å²) in [5.74, 6) is 0.772. The molecule has 1 amide bonds. The van der Waals surface area contributed by atoms with E-state index in [2.05, 4.69) is 29.7 Å². The molecule has 0 aromatic heterocycles. The Morgan fingerprint density at radius 2 is 1.77 bits per heavy atom. The second kappa shape index (κ2) is 8.20. The van der Waals surface area contributed by atoms with Gasteiger partial charge in [-0.15, -0.1) is 0 Å². The van der Waals surface area contributed by atoms with Crippen molar-refractivity contribution in [3.63, 3.8) is 0 Å². The second-order valence-corrected chi connectivity index (χ2v) is 5.11. The van der Waals surface area contributed by atoms with E-state index in [1.165, 1.54) is 5.56 Å². The van der Waals surface area contributed by atoms with Gasteiger partial charge in [-0.3, -0.25) is 4.79 Å². The van der Waals surface area contributed by atoms with Crippen molar-refractivity contribution >= 4 is 11.6 Å². The molecule has 0 aliphatic heterocycles. The van der Waals surface area contributed by atoms with Crippen LogP contribution in [0.5, 0.6) is 5.75 Å². The fourth-order valence-corrected chi connectivity index (χ4v) is 2.16. The molecule has 22 heavy (non-hydrogen) atoms. The van der Waals surface area contributed by atoms with E-state index in [1.807, 2.05) is 42.5 Å². The minimum absolute atomic E-state index is 0.00192. The molecule has 4 nitrogen and oxygen atoms in total. The van der Waals surface area contributed by atoms with Gasteiger partial charge in [0.2, 0.25) is 5.91 Å². The first-order chi connectivity index (χ1) is 10.7. The molecule has 0 saturated carbocycles. The van der Waals surface area contributed by atoms with Gasteiger partial charge >= 0.3 is 0 Å². The summed E-state index contributed by atoms with van der Waals surface area (Å²) in [5.41, 5.74) is 2.00. The Morgan fingerprint density at radius 1 is 1.09 bits per heavy atom. The molecule has 1 atom stereocenters. The van der Waals surface area contributed by atoms with Gasteiger partial charge in [0.25, 0.3) is 0 Å². The van der Waals surface area contributed by atoms with Gasteiger partial charge in [0.15, 0.2) is 0 Å². The average Bonchev–Trinajstić information content (AvgIpc) is 2.56. The van der Waals surface area contributed by atoms with Crippen molar-refractivity contribution in [2.24, 2.45) is 0 Å². The Balaban J connectivity index is 1.73. The van der Waals surface area contributed by atoms with Crippen LogP contribution in [0, 0.1) is 0 Å². The Morgan fingerprint density at radius 3 is 2.41 bits per heavy atom. The molecule has 2 aromatic carbocycles. The molecule has 0 aliphatic carbocycles. The SMILES string of the molecule is COc1ccc(NC(=O)CCNC(C)c2ccccc2)cc1. The maximum absolute atomic E-state index is 11.9. The normalized spacial score (nSPS) is 11.7. The molecule has 0 bridgehead atoms. The van der Waals surface area contributed by atoms with Crippen molar-refractivity contribution in [2.75, 3.05) is 19.0 Å². The largest absolute Gasteiger partial charge is 0.497 e. The van der Waals surface area contributed by atoms with Gasteiger partial charge in [0.1, 0.15) is 5.75 Å². The van der Waals surface area contributed by atoms with Crippen molar-refractivity contribution < 1.29 is 9.53 Å². The number of hydrogen-bond acceptors (Lipinski definition) is 3. The lowest BCUT2D eigenvalue weighted by molar-refractivity contribution is -0.116. The second-order valence-electron chi connectivity index (χ2n) is 5.11. The van der Waals surface area contributed by atoms with E-state index in [0.717, 1.165) is 11.4 Å². The molecule has 0 saturated heterocycles. The Bertz CT molecular complexity index is 582.